The smallest absolute Gasteiger partial charge is 0.343 e. The van der Waals surface area contributed by atoms with Gasteiger partial charge in [-0.3, -0.25) is 4.79 Å². The van der Waals surface area contributed by atoms with Gasteiger partial charge in [-0.2, -0.15) is 0 Å². The first kappa shape index (κ1) is 17.0. The minimum absolute atomic E-state index is 0.0390. The van der Waals surface area contributed by atoms with Gasteiger partial charge in [0.15, 0.2) is 0 Å². The maximum Gasteiger partial charge on any atom is 0.343 e. The van der Waals surface area contributed by atoms with Gasteiger partial charge in [0, 0.05) is 23.6 Å². The summed E-state index contributed by atoms with van der Waals surface area (Å²) in [7, 11) is 3.33. The van der Waals surface area contributed by atoms with Gasteiger partial charge in [0.1, 0.15) is 5.56 Å². The summed E-state index contributed by atoms with van der Waals surface area (Å²) in [4.78, 5) is 26.9. The number of rotatable bonds is 4. The van der Waals surface area contributed by atoms with Crippen molar-refractivity contribution in [2.45, 2.75) is 26.7 Å². The van der Waals surface area contributed by atoms with Crippen LogP contribution in [0.1, 0.15) is 35.5 Å². The zero-order chi connectivity index (χ0) is 18.1. The average molecular weight is 338 g/mol. The number of H-pyrrole nitrogens is 1. The number of fused-ring (bicyclic) bond motifs is 1. The monoisotopic (exact) mass is 338 g/mol. The molecule has 5 heteroatoms. The third kappa shape index (κ3) is 2.86. The number of nitrogens with one attached hydrogen (secondary N) is 1. The van der Waals surface area contributed by atoms with Crippen molar-refractivity contribution < 1.29 is 9.53 Å². The molecule has 130 valence electrons. The summed E-state index contributed by atoms with van der Waals surface area (Å²) < 4.78 is 6.87. The number of carbonyl (C=O) groups excluding carboxylic acids is 1. The van der Waals surface area contributed by atoms with E-state index >= 15 is 0 Å². The largest absolute Gasteiger partial charge is 0.465 e. The molecule has 0 aliphatic heterocycles. The molecule has 0 aliphatic carbocycles. The van der Waals surface area contributed by atoms with Crippen molar-refractivity contribution in [1.29, 1.82) is 0 Å². The van der Waals surface area contributed by atoms with Gasteiger partial charge in [-0.25, -0.2) is 4.79 Å². The molecule has 0 saturated heterocycles. The molecule has 0 saturated carbocycles. The highest BCUT2D eigenvalue weighted by Gasteiger charge is 2.16. The molecule has 0 spiro atoms. The maximum absolute atomic E-state index is 12.3. The number of hydrogen-bond acceptors (Lipinski definition) is 3. The molecular weight excluding hydrogens is 316 g/mol. The number of aromatic nitrogens is 2. The van der Waals surface area contributed by atoms with E-state index < -0.39 is 11.5 Å². The third-order valence-corrected chi connectivity index (χ3v) is 4.70. The van der Waals surface area contributed by atoms with E-state index in [-0.39, 0.29) is 5.56 Å². The van der Waals surface area contributed by atoms with Crippen LogP contribution in [0.4, 0.5) is 0 Å². The summed E-state index contributed by atoms with van der Waals surface area (Å²) >= 11 is 0. The lowest BCUT2D eigenvalue weighted by molar-refractivity contribution is 0.0598. The van der Waals surface area contributed by atoms with Gasteiger partial charge in [0.05, 0.1) is 12.8 Å². The van der Waals surface area contributed by atoms with Crippen LogP contribution < -0.4 is 5.56 Å². The second kappa shape index (κ2) is 6.59. The van der Waals surface area contributed by atoms with Crippen LogP contribution in [0, 0.1) is 0 Å². The Morgan fingerprint density at radius 1 is 1.16 bits per heavy atom. The molecule has 1 N–H and O–H groups in total. The summed E-state index contributed by atoms with van der Waals surface area (Å²) in [5.74, 6) is -0.617. The average Bonchev–Trinajstić information content (AvgIpc) is 2.96. The molecule has 2 aromatic heterocycles. The van der Waals surface area contributed by atoms with E-state index in [1.54, 1.807) is 6.07 Å². The van der Waals surface area contributed by atoms with Crippen LogP contribution in [0.3, 0.4) is 0 Å². The fourth-order valence-electron chi connectivity index (χ4n) is 3.27. The van der Waals surface area contributed by atoms with Crippen molar-refractivity contribution >= 4 is 16.9 Å². The normalized spacial score (nSPS) is 11.0. The van der Waals surface area contributed by atoms with Gasteiger partial charge in [-0.05, 0) is 48.2 Å². The Bertz CT molecular complexity index is 1010. The number of aryl methyl sites for hydroxylation is 3. The number of aromatic amines is 1. The summed E-state index contributed by atoms with van der Waals surface area (Å²) in [6.07, 6.45) is 1.66. The number of esters is 1. The first-order valence-corrected chi connectivity index (χ1v) is 8.43. The first-order valence-electron chi connectivity index (χ1n) is 8.43. The van der Waals surface area contributed by atoms with E-state index in [1.165, 1.54) is 12.8 Å². The molecule has 0 unspecified atom stereocenters. The number of hydrogen-bond donors (Lipinski definition) is 1. The van der Waals surface area contributed by atoms with Crippen molar-refractivity contribution in [3.63, 3.8) is 0 Å². The van der Waals surface area contributed by atoms with Gasteiger partial charge in [0.2, 0.25) is 0 Å². The second-order valence-electron chi connectivity index (χ2n) is 6.08. The van der Waals surface area contributed by atoms with Crippen molar-refractivity contribution in [2.24, 2.45) is 7.05 Å². The van der Waals surface area contributed by atoms with Crippen LogP contribution >= 0.6 is 0 Å². The number of carbonyl (C=O) groups is 1. The van der Waals surface area contributed by atoms with Gasteiger partial charge < -0.3 is 14.3 Å². The zero-order valence-corrected chi connectivity index (χ0v) is 15.0. The van der Waals surface area contributed by atoms with Gasteiger partial charge in [-0.1, -0.05) is 19.9 Å². The molecule has 0 bridgehead atoms. The quantitative estimate of drug-likeness (QED) is 0.741. The summed E-state index contributed by atoms with van der Waals surface area (Å²) in [5.41, 5.74) is 4.63. The lowest BCUT2D eigenvalue weighted by atomic mass is 10.0. The molecule has 0 amide bonds. The molecule has 5 nitrogen and oxygen atoms in total. The molecular formula is C20H22N2O3. The highest BCUT2D eigenvalue weighted by Crippen LogP contribution is 2.27. The van der Waals surface area contributed by atoms with E-state index in [0.29, 0.717) is 6.42 Å². The van der Waals surface area contributed by atoms with Crippen LogP contribution in [-0.4, -0.2) is 22.6 Å². The topological polar surface area (TPSA) is 64.1 Å². The molecule has 0 fully saturated rings. The number of ether oxygens (including phenoxy) is 1. The van der Waals surface area contributed by atoms with E-state index in [9.17, 15) is 9.59 Å². The molecule has 25 heavy (non-hydrogen) atoms. The molecule has 0 aliphatic rings. The number of methoxy groups -OCH3 is 1. The molecule has 1 aromatic carbocycles. The lowest BCUT2D eigenvalue weighted by Gasteiger charge is -2.10. The van der Waals surface area contributed by atoms with Crippen LogP contribution in [-0.2, 0) is 24.6 Å². The van der Waals surface area contributed by atoms with E-state index in [1.807, 2.05) is 13.0 Å². The Morgan fingerprint density at radius 2 is 1.92 bits per heavy atom. The number of nitrogens with zero attached hydrogens (tertiary/aromatic N) is 1. The zero-order valence-electron chi connectivity index (χ0n) is 15.0. The molecule has 0 radical (unpaired) electrons. The molecule has 3 rings (SSSR count). The Kier molecular flexibility index (Phi) is 4.49. The minimum atomic E-state index is -0.617. The maximum atomic E-state index is 12.3. The molecule has 3 aromatic rings. The van der Waals surface area contributed by atoms with E-state index in [0.717, 1.165) is 34.1 Å². The van der Waals surface area contributed by atoms with Crippen molar-refractivity contribution in [3.8, 4) is 11.3 Å². The van der Waals surface area contributed by atoms with Crippen LogP contribution in [0.2, 0.25) is 0 Å². The van der Waals surface area contributed by atoms with E-state index in [4.69, 9.17) is 0 Å². The Labute approximate surface area is 146 Å². The Hall–Kier alpha value is -2.82. The summed E-state index contributed by atoms with van der Waals surface area (Å²) in [6, 6.07) is 9.95. The van der Waals surface area contributed by atoms with Crippen LogP contribution in [0.15, 0.2) is 35.1 Å². The predicted molar refractivity (Wildman–Crippen MR) is 99.1 cm³/mol. The minimum Gasteiger partial charge on any atom is -0.465 e. The van der Waals surface area contributed by atoms with Crippen molar-refractivity contribution in [3.05, 3.63) is 57.5 Å². The van der Waals surface area contributed by atoms with Gasteiger partial charge in [-0.15, -0.1) is 0 Å². The van der Waals surface area contributed by atoms with Crippen molar-refractivity contribution in [1.82, 2.24) is 9.55 Å². The van der Waals surface area contributed by atoms with Gasteiger partial charge >= 0.3 is 5.97 Å². The van der Waals surface area contributed by atoms with Crippen LogP contribution in [0.25, 0.3) is 22.2 Å². The number of pyridine rings is 1. The Balaban J connectivity index is 2.18. The first-order chi connectivity index (χ1) is 12.0. The standard InChI is InChI=1S/C20H22N2O3/c1-5-12-11-16(20(24)25-4)19(23)21-18(12)13-7-8-17-14(9-13)10-15(6-2)22(17)3/h7-11H,5-6H2,1-4H3,(H,21,23). The fraction of sp³-hybridized carbons (Fsp3) is 0.300. The molecule has 0 atom stereocenters. The van der Waals surface area contributed by atoms with Crippen LogP contribution in [0.5, 0.6) is 0 Å². The van der Waals surface area contributed by atoms with Gasteiger partial charge in [0.25, 0.3) is 5.56 Å². The third-order valence-electron chi connectivity index (χ3n) is 4.70. The highest BCUT2D eigenvalue weighted by molar-refractivity contribution is 5.90. The van der Waals surface area contributed by atoms with E-state index in [2.05, 4.69) is 46.5 Å². The fourth-order valence-corrected chi connectivity index (χ4v) is 3.27. The summed E-state index contributed by atoms with van der Waals surface area (Å²) in [6.45, 7) is 4.13. The lowest BCUT2D eigenvalue weighted by Crippen LogP contribution is -2.20. The molecule has 2 heterocycles. The Morgan fingerprint density at radius 3 is 2.56 bits per heavy atom. The number of benzene rings is 1. The van der Waals surface area contributed by atoms with Crippen molar-refractivity contribution in [2.75, 3.05) is 7.11 Å². The predicted octanol–water partition coefficient (Wildman–Crippen LogP) is 3.45. The SMILES string of the molecule is CCc1cc(C(=O)OC)c(=O)[nH]c1-c1ccc2c(c1)cc(CC)n2C. The highest BCUT2D eigenvalue weighted by atomic mass is 16.5. The summed E-state index contributed by atoms with van der Waals surface area (Å²) in [5, 5.41) is 1.14. The second-order valence-corrected chi connectivity index (χ2v) is 6.08.